The first-order valence-corrected chi connectivity index (χ1v) is 11.5. The highest BCUT2D eigenvalue weighted by Crippen LogP contribution is 2.36. The van der Waals surface area contributed by atoms with Gasteiger partial charge in [0.05, 0.1) is 5.41 Å². The van der Waals surface area contributed by atoms with Gasteiger partial charge >= 0.3 is 0 Å². The molecule has 3 aromatic rings. The second-order valence-corrected chi connectivity index (χ2v) is 9.60. The highest BCUT2D eigenvalue weighted by molar-refractivity contribution is 7.09. The molecule has 1 aliphatic rings. The van der Waals surface area contributed by atoms with E-state index >= 15 is 0 Å². The first kappa shape index (κ1) is 20.8. The number of likely N-dealkylation sites (tertiary alicyclic amines) is 1. The lowest BCUT2D eigenvalue weighted by Crippen LogP contribution is -2.46. The molecule has 2 aromatic heterocycles. The number of amides is 1. The Labute approximate surface area is 183 Å². The molecule has 0 radical (unpaired) electrons. The predicted molar refractivity (Wildman–Crippen MR) is 123 cm³/mol. The quantitative estimate of drug-likeness (QED) is 0.600. The van der Waals surface area contributed by atoms with Crippen molar-refractivity contribution in [2.75, 3.05) is 13.1 Å². The fraction of sp³-hybridized carbons (Fsp3) is 0.360. The Hall–Kier alpha value is -2.50. The van der Waals surface area contributed by atoms with E-state index in [1.54, 1.807) is 17.5 Å². The van der Waals surface area contributed by atoms with Crippen molar-refractivity contribution in [3.8, 4) is 11.1 Å². The van der Waals surface area contributed by atoms with Crippen LogP contribution >= 0.6 is 11.3 Å². The van der Waals surface area contributed by atoms with E-state index in [9.17, 15) is 4.79 Å². The van der Waals surface area contributed by atoms with Crippen LogP contribution in [0.3, 0.4) is 0 Å². The zero-order chi connectivity index (χ0) is 21.0. The number of nitrogens with one attached hydrogen (secondary N) is 1. The molecule has 1 aliphatic heterocycles. The Morgan fingerprint density at radius 1 is 1.20 bits per heavy atom. The van der Waals surface area contributed by atoms with E-state index in [-0.39, 0.29) is 11.9 Å². The second-order valence-electron chi connectivity index (χ2n) is 8.57. The van der Waals surface area contributed by atoms with E-state index in [0.29, 0.717) is 0 Å². The monoisotopic (exact) mass is 419 g/mol. The standard InChI is InChI=1S/C25H29N3OS/c1-19(2)27-24(29)25(10-12-28(18-25)17-23-9-5-13-30-23)15-20-6-3-7-21(14-20)22-8-4-11-26-16-22/h3-9,11,13-14,16,19H,10,12,15,17-18H2,1-2H3,(H,27,29). The van der Waals surface area contributed by atoms with E-state index in [1.807, 2.05) is 26.1 Å². The van der Waals surface area contributed by atoms with Crippen LogP contribution < -0.4 is 5.32 Å². The molecule has 4 nitrogen and oxygen atoms in total. The Balaban J connectivity index is 1.57. The third-order valence-corrected chi connectivity index (χ3v) is 6.62. The SMILES string of the molecule is CC(C)NC(=O)C1(Cc2cccc(-c3cccnc3)c2)CCN(Cc2cccs2)C1. The molecule has 156 valence electrons. The second kappa shape index (κ2) is 9.11. The van der Waals surface area contributed by atoms with Gasteiger partial charge in [0.2, 0.25) is 5.91 Å². The van der Waals surface area contributed by atoms with Crippen molar-refractivity contribution < 1.29 is 4.79 Å². The zero-order valence-corrected chi connectivity index (χ0v) is 18.5. The number of hydrogen-bond acceptors (Lipinski definition) is 4. The summed E-state index contributed by atoms with van der Waals surface area (Å²) in [4.78, 5) is 21.4. The van der Waals surface area contributed by atoms with Gasteiger partial charge in [0.15, 0.2) is 0 Å². The van der Waals surface area contributed by atoms with Gasteiger partial charge in [0.25, 0.3) is 0 Å². The average Bonchev–Trinajstić information content (AvgIpc) is 3.40. The van der Waals surface area contributed by atoms with Gasteiger partial charge in [-0.3, -0.25) is 14.7 Å². The molecular formula is C25H29N3OS. The van der Waals surface area contributed by atoms with E-state index in [1.165, 1.54) is 10.4 Å². The minimum atomic E-state index is -0.394. The summed E-state index contributed by atoms with van der Waals surface area (Å²) < 4.78 is 0. The third-order valence-electron chi connectivity index (χ3n) is 5.76. The van der Waals surface area contributed by atoms with E-state index in [2.05, 4.69) is 63.0 Å². The van der Waals surface area contributed by atoms with Crippen molar-refractivity contribution in [1.29, 1.82) is 0 Å². The van der Waals surface area contributed by atoms with Crippen LogP contribution in [0.2, 0.25) is 0 Å². The molecule has 1 amide bonds. The highest BCUT2D eigenvalue weighted by Gasteiger charge is 2.44. The highest BCUT2D eigenvalue weighted by atomic mass is 32.1. The summed E-state index contributed by atoms with van der Waals surface area (Å²) in [5, 5.41) is 5.32. The Morgan fingerprint density at radius 3 is 2.80 bits per heavy atom. The van der Waals surface area contributed by atoms with Crippen LogP contribution in [0.4, 0.5) is 0 Å². The number of nitrogens with zero attached hydrogens (tertiary/aromatic N) is 2. The van der Waals surface area contributed by atoms with Crippen LogP contribution in [-0.2, 0) is 17.8 Å². The van der Waals surface area contributed by atoms with E-state index in [4.69, 9.17) is 0 Å². The summed E-state index contributed by atoms with van der Waals surface area (Å²) in [6.45, 7) is 6.73. The molecule has 1 N–H and O–H groups in total. The first-order valence-electron chi connectivity index (χ1n) is 10.6. The molecule has 4 rings (SSSR count). The third kappa shape index (κ3) is 4.79. The Kier molecular flexibility index (Phi) is 6.30. The largest absolute Gasteiger partial charge is 0.353 e. The van der Waals surface area contributed by atoms with Gasteiger partial charge in [-0.15, -0.1) is 11.3 Å². The predicted octanol–water partition coefficient (Wildman–Crippen LogP) is 4.77. The molecule has 0 bridgehead atoms. The zero-order valence-electron chi connectivity index (χ0n) is 17.7. The number of carbonyl (C=O) groups is 1. The molecule has 5 heteroatoms. The fourth-order valence-corrected chi connectivity index (χ4v) is 5.07. The van der Waals surface area contributed by atoms with Gasteiger partial charge in [-0.1, -0.05) is 36.4 Å². The van der Waals surface area contributed by atoms with E-state index in [0.717, 1.165) is 43.6 Å². The van der Waals surface area contributed by atoms with Crippen molar-refractivity contribution in [3.05, 3.63) is 76.7 Å². The average molecular weight is 420 g/mol. The van der Waals surface area contributed by atoms with Crippen LogP contribution in [0.15, 0.2) is 66.3 Å². The normalized spacial score (nSPS) is 19.3. The van der Waals surface area contributed by atoms with Gasteiger partial charge in [-0.2, -0.15) is 0 Å². The summed E-state index contributed by atoms with van der Waals surface area (Å²) in [5.74, 6) is 0.179. The lowest BCUT2D eigenvalue weighted by molar-refractivity contribution is -0.131. The molecule has 0 saturated carbocycles. The molecule has 0 aliphatic carbocycles. The first-order chi connectivity index (χ1) is 14.5. The van der Waals surface area contributed by atoms with Crippen LogP contribution in [0.5, 0.6) is 0 Å². The van der Waals surface area contributed by atoms with Crippen LogP contribution in [0.1, 0.15) is 30.7 Å². The maximum absolute atomic E-state index is 13.3. The molecule has 1 aromatic carbocycles. The minimum absolute atomic E-state index is 0.141. The summed E-state index contributed by atoms with van der Waals surface area (Å²) in [5.41, 5.74) is 3.06. The maximum atomic E-state index is 13.3. The van der Waals surface area contributed by atoms with Crippen molar-refractivity contribution in [2.45, 2.75) is 39.3 Å². The van der Waals surface area contributed by atoms with Crippen LogP contribution in [0, 0.1) is 5.41 Å². The van der Waals surface area contributed by atoms with Crippen molar-refractivity contribution in [3.63, 3.8) is 0 Å². The van der Waals surface area contributed by atoms with Gasteiger partial charge in [-0.05, 0) is 67.4 Å². The van der Waals surface area contributed by atoms with Crippen LogP contribution in [-0.4, -0.2) is 34.9 Å². The number of hydrogen-bond donors (Lipinski definition) is 1. The number of benzene rings is 1. The molecule has 0 spiro atoms. The summed E-state index contributed by atoms with van der Waals surface area (Å²) in [6.07, 6.45) is 5.31. The van der Waals surface area contributed by atoms with Gasteiger partial charge in [-0.25, -0.2) is 0 Å². The smallest absolute Gasteiger partial charge is 0.228 e. The van der Waals surface area contributed by atoms with Crippen LogP contribution in [0.25, 0.3) is 11.1 Å². The van der Waals surface area contributed by atoms with Crippen molar-refractivity contribution in [2.24, 2.45) is 5.41 Å². The topological polar surface area (TPSA) is 45.2 Å². The van der Waals surface area contributed by atoms with Crippen molar-refractivity contribution in [1.82, 2.24) is 15.2 Å². The Bertz CT molecular complexity index is 971. The molecular weight excluding hydrogens is 390 g/mol. The maximum Gasteiger partial charge on any atom is 0.228 e. The van der Waals surface area contributed by atoms with Gasteiger partial charge in [0.1, 0.15) is 0 Å². The number of thiophene rings is 1. The number of rotatable bonds is 7. The lowest BCUT2D eigenvalue weighted by atomic mass is 9.79. The number of pyridine rings is 1. The summed E-state index contributed by atoms with van der Waals surface area (Å²) in [7, 11) is 0. The fourth-order valence-electron chi connectivity index (χ4n) is 4.33. The molecule has 1 saturated heterocycles. The van der Waals surface area contributed by atoms with Crippen molar-refractivity contribution >= 4 is 17.2 Å². The van der Waals surface area contributed by atoms with Gasteiger partial charge < -0.3 is 5.32 Å². The van der Waals surface area contributed by atoms with Gasteiger partial charge in [0, 0.05) is 36.4 Å². The molecule has 30 heavy (non-hydrogen) atoms. The Morgan fingerprint density at radius 2 is 2.07 bits per heavy atom. The molecule has 3 heterocycles. The van der Waals surface area contributed by atoms with E-state index < -0.39 is 5.41 Å². The molecule has 1 unspecified atom stereocenters. The lowest BCUT2D eigenvalue weighted by Gasteiger charge is -2.30. The summed E-state index contributed by atoms with van der Waals surface area (Å²) in [6, 6.07) is 17.0. The minimum Gasteiger partial charge on any atom is -0.353 e. The number of aromatic nitrogens is 1. The molecule has 1 fully saturated rings. The summed E-state index contributed by atoms with van der Waals surface area (Å²) >= 11 is 1.78. The molecule has 1 atom stereocenters. The number of carbonyl (C=O) groups excluding carboxylic acids is 1.